The van der Waals surface area contributed by atoms with Crippen LogP contribution >= 0.6 is 0 Å². The Labute approximate surface area is 66.6 Å². The molecule has 0 spiro atoms. The van der Waals surface area contributed by atoms with Crippen LogP contribution in [0.3, 0.4) is 0 Å². The highest BCUT2D eigenvalue weighted by Crippen LogP contribution is 2.29. The number of carbonyl (C=O) groups is 1. The summed E-state index contributed by atoms with van der Waals surface area (Å²) < 4.78 is 0. The van der Waals surface area contributed by atoms with Crippen molar-refractivity contribution in [2.24, 2.45) is 17.6 Å². The molecule has 0 aromatic rings. The Morgan fingerprint density at radius 1 is 1.55 bits per heavy atom. The van der Waals surface area contributed by atoms with Crippen LogP contribution in [0.5, 0.6) is 0 Å². The molecule has 11 heavy (non-hydrogen) atoms. The summed E-state index contributed by atoms with van der Waals surface area (Å²) in [4.78, 5) is 10.7. The lowest BCUT2D eigenvalue weighted by Gasteiger charge is -2.24. The monoisotopic (exact) mass is 156 g/mol. The number of hydrogen-bond acceptors (Lipinski definition) is 2. The van der Waals surface area contributed by atoms with Crippen molar-refractivity contribution >= 4 is 5.91 Å². The van der Waals surface area contributed by atoms with E-state index < -0.39 is 0 Å². The lowest BCUT2D eigenvalue weighted by Crippen LogP contribution is -2.28. The fourth-order valence-electron chi connectivity index (χ4n) is 1.62. The smallest absolute Gasteiger partial charge is 0.220 e. The van der Waals surface area contributed by atoms with Gasteiger partial charge in [0.1, 0.15) is 0 Å². The molecular formula is C8H14NO2. The van der Waals surface area contributed by atoms with Gasteiger partial charge >= 0.3 is 0 Å². The molecule has 0 heterocycles. The molecular weight excluding hydrogens is 142 g/mol. The first-order valence-electron chi connectivity index (χ1n) is 4.01. The average Bonchev–Trinajstić information content (AvgIpc) is 2.05. The van der Waals surface area contributed by atoms with Gasteiger partial charge in [-0.1, -0.05) is 6.42 Å². The molecule has 1 aliphatic rings. The van der Waals surface area contributed by atoms with Crippen molar-refractivity contribution < 1.29 is 9.90 Å². The summed E-state index contributed by atoms with van der Waals surface area (Å²) in [7, 11) is 0. The molecule has 2 atom stereocenters. The topological polar surface area (TPSA) is 63.3 Å². The lowest BCUT2D eigenvalue weighted by molar-refractivity contribution is -0.123. The predicted molar refractivity (Wildman–Crippen MR) is 40.9 cm³/mol. The second-order valence-electron chi connectivity index (χ2n) is 3.18. The molecule has 0 saturated heterocycles. The maximum absolute atomic E-state index is 10.7. The van der Waals surface area contributed by atoms with Gasteiger partial charge < -0.3 is 10.8 Å². The molecule has 3 heteroatoms. The molecule has 0 aliphatic heterocycles. The number of amides is 1. The van der Waals surface area contributed by atoms with E-state index in [4.69, 9.17) is 10.8 Å². The summed E-state index contributed by atoms with van der Waals surface area (Å²) in [5, 5.41) is 8.71. The average molecular weight is 156 g/mol. The highest BCUT2D eigenvalue weighted by atomic mass is 16.3. The highest BCUT2D eigenvalue weighted by molar-refractivity contribution is 5.76. The zero-order valence-corrected chi connectivity index (χ0v) is 6.49. The maximum Gasteiger partial charge on any atom is 0.220 e. The van der Waals surface area contributed by atoms with Crippen LogP contribution in [0.25, 0.3) is 0 Å². The van der Waals surface area contributed by atoms with Gasteiger partial charge in [-0.25, -0.2) is 0 Å². The van der Waals surface area contributed by atoms with E-state index >= 15 is 0 Å². The molecule has 1 saturated carbocycles. The minimum atomic E-state index is -0.225. The first-order chi connectivity index (χ1) is 5.24. The minimum absolute atomic E-state index is 0.0165. The van der Waals surface area contributed by atoms with Gasteiger partial charge in [-0.05, 0) is 25.2 Å². The molecule has 1 radical (unpaired) electrons. The Bertz CT molecular complexity index is 147. The second-order valence-corrected chi connectivity index (χ2v) is 3.18. The van der Waals surface area contributed by atoms with Crippen molar-refractivity contribution in [3.8, 4) is 0 Å². The number of nitrogens with two attached hydrogens (primary N) is 1. The van der Waals surface area contributed by atoms with Crippen LogP contribution in [0.15, 0.2) is 0 Å². The summed E-state index contributed by atoms with van der Waals surface area (Å²) >= 11 is 0. The standard InChI is InChI=1S/C8H14NO2/c9-8(11)7-3-1-2-6(4-7)5-10/h5-7,10H,1-4H2,(H2,9,11)/t6-,7-/m0/s1. The van der Waals surface area contributed by atoms with E-state index in [1.807, 2.05) is 0 Å². The van der Waals surface area contributed by atoms with Gasteiger partial charge in [0.2, 0.25) is 5.91 Å². The fraction of sp³-hybridized carbons (Fsp3) is 0.750. The Kier molecular flexibility index (Phi) is 2.88. The number of primary amides is 1. The van der Waals surface area contributed by atoms with E-state index in [1.54, 1.807) is 0 Å². The van der Waals surface area contributed by atoms with Gasteiger partial charge in [0, 0.05) is 5.92 Å². The number of hydrogen-bond donors (Lipinski definition) is 2. The number of rotatable bonds is 2. The molecule has 1 amide bonds. The third-order valence-corrected chi connectivity index (χ3v) is 2.33. The van der Waals surface area contributed by atoms with E-state index in [0.29, 0.717) is 0 Å². The Morgan fingerprint density at radius 3 is 2.82 bits per heavy atom. The Hall–Kier alpha value is -0.570. The Balaban J connectivity index is 2.39. The molecule has 3 N–H and O–H groups in total. The molecule has 0 bridgehead atoms. The number of carbonyl (C=O) groups excluding carboxylic acids is 1. The number of aliphatic hydroxyl groups is 1. The van der Waals surface area contributed by atoms with Crippen molar-refractivity contribution in [1.82, 2.24) is 0 Å². The van der Waals surface area contributed by atoms with Crippen LogP contribution in [-0.4, -0.2) is 11.0 Å². The molecule has 0 unspecified atom stereocenters. The molecule has 1 aliphatic carbocycles. The third-order valence-electron chi connectivity index (χ3n) is 2.33. The predicted octanol–water partition coefficient (Wildman–Crippen LogP) is 0.812. The first-order valence-corrected chi connectivity index (χ1v) is 4.01. The molecule has 0 aromatic heterocycles. The van der Waals surface area contributed by atoms with Crippen molar-refractivity contribution in [2.75, 3.05) is 0 Å². The van der Waals surface area contributed by atoms with Crippen LogP contribution in [-0.2, 0) is 4.79 Å². The van der Waals surface area contributed by atoms with Crippen LogP contribution in [0.2, 0.25) is 0 Å². The molecule has 63 valence electrons. The lowest BCUT2D eigenvalue weighted by atomic mass is 9.81. The third kappa shape index (κ3) is 2.19. The maximum atomic E-state index is 10.7. The van der Waals surface area contributed by atoms with Crippen LogP contribution in [0.4, 0.5) is 0 Å². The summed E-state index contributed by atoms with van der Waals surface area (Å²) in [6.07, 6.45) is 3.60. The van der Waals surface area contributed by atoms with Gasteiger partial charge in [0.25, 0.3) is 0 Å². The normalized spacial score (nSPS) is 31.7. The van der Waals surface area contributed by atoms with Gasteiger partial charge in [0.15, 0.2) is 0 Å². The van der Waals surface area contributed by atoms with Gasteiger partial charge in [-0.3, -0.25) is 4.79 Å². The quantitative estimate of drug-likeness (QED) is 0.621. The molecule has 3 nitrogen and oxygen atoms in total. The van der Waals surface area contributed by atoms with E-state index in [9.17, 15) is 4.79 Å². The van der Waals surface area contributed by atoms with Crippen molar-refractivity contribution in [2.45, 2.75) is 25.7 Å². The second kappa shape index (κ2) is 3.72. The van der Waals surface area contributed by atoms with Crippen molar-refractivity contribution in [3.05, 3.63) is 6.61 Å². The van der Waals surface area contributed by atoms with E-state index in [1.165, 1.54) is 6.61 Å². The summed E-state index contributed by atoms with van der Waals surface area (Å²) in [6, 6.07) is 0. The first kappa shape index (κ1) is 8.53. The summed E-state index contributed by atoms with van der Waals surface area (Å²) in [6.45, 7) is 1.19. The van der Waals surface area contributed by atoms with Crippen LogP contribution < -0.4 is 5.73 Å². The molecule has 0 aromatic carbocycles. The minimum Gasteiger partial charge on any atom is -0.390 e. The Morgan fingerprint density at radius 2 is 2.27 bits per heavy atom. The van der Waals surface area contributed by atoms with Gasteiger partial charge in [-0.2, -0.15) is 0 Å². The van der Waals surface area contributed by atoms with Crippen molar-refractivity contribution in [1.29, 1.82) is 0 Å². The largest absolute Gasteiger partial charge is 0.390 e. The van der Waals surface area contributed by atoms with Gasteiger partial charge in [0.05, 0.1) is 6.61 Å². The number of aliphatic hydroxyl groups excluding tert-OH is 1. The van der Waals surface area contributed by atoms with Crippen LogP contribution in [0.1, 0.15) is 25.7 Å². The molecule has 1 fully saturated rings. The molecule has 1 rings (SSSR count). The van der Waals surface area contributed by atoms with Crippen molar-refractivity contribution in [3.63, 3.8) is 0 Å². The van der Waals surface area contributed by atoms with Crippen LogP contribution in [0, 0.1) is 18.4 Å². The zero-order valence-electron chi connectivity index (χ0n) is 6.49. The van der Waals surface area contributed by atoms with Gasteiger partial charge in [-0.15, -0.1) is 0 Å². The zero-order chi connectivity index (χ0) is 8.27. The SMILES string of the molecule is NC(=O)[C@H]1CCC[C@H]([CH]O)C1. The summed E-state index contributed by atoms with van der Waals surface area (Å²) in [5.74, 6) is -0.0602. The highest BCUT2D eigenvalue weighted by Gasteiger charge is 2.24. The van der Waals surface area contributed by atoms with E-state index in [0.717, 1.165) is 25.7 Å². The summed E-state index contributed by atoms with van der Waals surface area (Å²) in [5.41, 5.74) is 5.15. The fourth-order valence-corrected chi connectivity index (χ4v) is 1.62. The van der Waals surface area contributed by atoms with E-state index in [2.05, 4.69) is 0 Å². The van der Waals surface area contributed by atoms with E-state index in [-0.39, 0.29) is 17.7 Å².